The van der Waals surface area contributed by atoms with E-state index in [0.29, 0.717) is 25.5 Å². The van der Waals surface area contributed by atoms with Gasteiger partial charge in [0.2, 0.25) is 0 Å². The highest BCUT2D eigenvalue weighted by Crippen LogP contribution is 2.29. The fourth-order valence-corrected chi connectivity index (χ4v) is 3.95. The molecule has 7 heteroatoms. The molecule has 0 unspecified atom stereocenters. The summed E-state index contributed by atoms with van der Waals surface area (Å²) in [6, 6.07) is 14.3. The van der Waals surface area contributed by atoms with Gasteiger partial charge in [0.25, 0.3) is 0 Å². The molecule has 2 aromatic heterocycles. The van der Waals surface area contributed by atoms with Gasteiger partial charge in [0.05, 0.1) is 25.3 Å². The second kappa shape index (κ2) is 6.66. The Morgan fingerprint density at radius 2 is 1.93 bits per heavy atom. The quantitative estimate of drug-likeness (QED) is 0.559. The van der Waals surface area contributed by atoms with Crippen LogP contribution in [-0.4, -0.2) is 39.8 Å². The van der Waals surface area contributed by atoms with E-state index in [1.807, 2.05) is 52.2 Å². The maximum Gasteiger partial charge on any atom is 0.180 e. The fraction of sp³-hybridized carbons (Fsp3) is 0.174. The van der Waals surface area contributed by atoms with Crippen molar-refractivity contribution in [3.63, 3.8) is 0 Å². The van der Waals surface area contributed by atoms with Gasteiger partial charge in [0, 0.05) is 41.7 Å². The average molecular weight is 398 g/mol. The number of aromatic nitrogens is 3. The number of fused-ring (bicyclic) bond motifs is 2. The van der Waals surface area contributed by atoms with Gasteiger partial charge in [-0.1, -0.05) is 12.1 Å². The van der Waals surface area contributed by atoms with Crippen LogP contribution >= 0.6 is 0 Å². The van der Waals surface area contributed by atoms with Gasteiger partial charge >= 0.3 is 0 Å². The molecular weight excluding hydrogens is 379 g/mol. The summed E-state index contributed by atoms with van der Waals surface area (Å²) in [5, 5.41) is 3.39. The molecule has 30 heavy (non-hydrogen) atoms. The molecule has 0 amide bonds. The molecule has 2 aliphatic rings. The van der Waals surface area contributed by atoms with E-state index in [1.54, 1.807) is 6.20 Å². The number of anilines is 3. The first-order chi connectivity index (χ1) is 14.7. The summed E-state index contributed by atoms with van der Waals surface area (Å²) in [6.45, 7) is 1.65. The molecule has 6 nitrogen and oxygen atoms in total. The Balaban J connectivity index is 1.33. The Labute approximate surface area is 172 Å². The average Bonchev–Trinajstić information content (AvgIpc) is 3.41. The van der Waals surface area contributed by atoms with Crippen LogP contribution in [0.15, 0.2) is 66.0 Å². The maximum atomic E-state index is 13.1. The summed E-state index contributed by atoms with van der Waals surface area (Å²) in [6.07, 6.45) is 6.88. The summed E-state index contributed by atoms with van der Waals surface area (Å²) in [5.41, 5.74) is 7.00. The van der Waals surface area contributed by atoms with Crippen molar-refractivity contribution in [2.45, 2.75) is 12.7 Å². The highest BCUT2D eigenvalue weighted by Gasteiger charge is 2.26. The summed E-state index contributed by atoms with van der Waals surface area (Å²) < 4.78 is 15.1. The first-order valence-electron chi connectivity index (χ1n) is 9.96. The number of rotatable bonds is 4. The molecule has 148 valence electrons. The number of hydrogen-bond donors (Lipinski definition) is 1. The van der Waals surface area contributed by atoms with Crippen molar-refractivity contribution in [2.75, 3.05) is 23.3 Å². The molecule has 1 saturated heterocycles. The number of aliphatic imine (C=N–C) groups is 1. The molecule has 0 saturated carbocycles. The third-order valence-corrected chi connectivity index (χ3v) is 5.64. The van der Waals surface area contributed by atoms with E-state index >= 15 is 0 Å². The molecule has 4 heterocycles. The van der Waals surface area contributed by atoms with Crippen LogP contribution in [0, 0.1) is 0 Å². The van der Waals surface area contributed by atoms with Crippen molar-refractivity contribution < 1.29 is 4.39 Å². The number of nitrogens with zero attached hydrogens (tertiary/aromatic N) is 5. The number of benzene rings is 2. The van der Waals surface area contributed by atoms with Crippen molar-refractivity contribution in [1.29, 1.82) is 0 Å². The molecule has 0 atom stereocenters. The zero-order chi connectivity index (χ0) is 20.1. The molecule has 4 aromatic rings. The molecule has 1 fully saturated rings. The minimum absolute atomic E-state index is 0.469. The van der Waals surface area contributed by atoms with Gasteiger partial charge in [-0.3, -0.25) is 4.99 Å². The molecule has 1 N–H and O–H groups in total. The normalized spacial score (nSPS) is 15.4. The first-order valence-corrected chi connectivity index (χ1v) is 9.96. The molecular formula is C23H19FN6. The molecule has 2 aliphatic heterocycles. The number of nitrogens with one attached hydrogen (secondary N) is 1. The van der Waals surface area contributed by atoms with Crippen molar-refractivity contribution in [3.05, 3.63) is 72.2 Å². The van der Waals surface area contributed by atoms with Crippen LogP contribution in [0.25, 0.3) is 16.9 Å². The van der Waals surface area contributed by atoms with E-state index in [-0.39, 0.29) is 0 Å². The summed E-state index contributed by atoms with van der Waals surface area (Å²) in [5.74, 6) is 0.690. The monoisotopic (exact) mass is 398 g/mol. The van der Waals surface area contributed by atoms with Crippen molar-refractivity contribution in [2.24, 2.45) is 4.99 Å². The Hall–Kier alpha value is -3.74. The Bertz CT molecular complexity index is 1270. The zero-order valence-corrected chi connectivity index (χ0v) is 16.2. The Morgan fingerprint density at radius 3 is 2.77 bits per heavy atom. The zero-order valence-electron chi connectivity index (χ0n) is 16.2. The lowest BCUT2D eigenvalue weighted by Crippen LogP contribution is -2.48. The topological polar surface area (TPSA) is 57.8 Å². The summed E-state index contributed by atoms with van der Waals surface area (Å²) in [4.78, 5) is 15.7. The lowest BCUT2D eigenvalue weighted by molar-refractivity contribution is 0.275. The van der Waals surface area contributed by atoms with E-state index in [4.69, 9.17) is 4.98 Å². The highest BCUT2D eigenvalue weighted by molar-refractivity contribution is 5.86. The number of imidazole rings is 1. The summed E-state index contributed by atoms with van der Waals surface area (Å²) >= 11 is 0. The van der Waals surface area contributed by atoms with Crippen LogP contribution in [0.3, 0.4) is 0 Å². The van der Waals surface area contributed by atoms with E-state index in [2.05, 4.69) is 33.5 Å². The largest absolute Gasteiger partial charge is 0.366 e. The smallest absolute Gasteiger partial charge is 0.180 e. The number of halogens is 1. The standard InChI is InChI=1S/C23H19FN6/c24-18-12-30(13-18)20-5-3-19(4-6-20)27-22-23-26-7-8-29(23)14-21(28-22)15-1-2-16-10-25-11-17(16)9-15/h1-10,14,18H,11-13H2,(H,27,28). The van der Waals surface area contributed by atoms with Crippen LogP contribution in [-0.2, 0) is 6.54 Å². The van der Waals surface area contributed by atoms with Crippen LogP contribution < -0.4 is 10.2 Å². The summed E-state index contributed by atoms with van der Waals surface area (Å²) in [7, 11) is 0. The van der Waals surface area contributed by atoms with Crippen molar-refractivity contribution in [3.8, 4) is 11.3 Å². The third-order valence-electron chi connectivity index (χ3n) is 5.64. The van der Waals surface area contributed by atoms with Crippen LogP contribution in [0.4, 0.5) is 21.6 Å². The second-order valence-electron chi connectivity index (χ2n) is 7.69. The fourth-order valence-electron chi connectivity index (χ4n) is 3.95. The Morgan fingerprint density at radius 1 is 1.07 bits per heavy atom. The SMILES string of the molecule is FC1CN(c2ccc(Nc3nc(-c4ccc5c(c4)CN=C5)cn4ccnc34)cc2)C1. The molecule has 0 spiro atoms. The molecule has 0 radical (unpaired) electrons. The Kier molecular flexibility index (Phi) is 3.80. The van der Waals surface area contributed by atoms with Gasteiger partial charge < -0.3 is 14.6 Å². The van der Waals surface area contributed by atoms with E-state index < -0.39 is 6.17 Å². The lowest BCUT2D eigenvalue weighted by atomic mass is 10.0. The van der Waals surface area contributed by atoms with Gasteiger partial charge in [-0.05, 0) is 41.5 Å². The van der Waals surface area contributed by atoms with Gasteiger partial charge in [0.1, 0.15) is 6.17 Å². The molecule has 6 rings (SSSR count). The third kappa shape index (κ3) is 2.90. The predicted molar refractivity (Wildman–Crippen MR) is 117 cm³/mol. The minimum Gasteiger partial charge on any atom is -0.366 e. The van der Waals surface area contributed by atoms with Gasteiger partial charge in [0.15, 0.2) is 11.5 Å². The van der Waals surface area contributed by atoms with Crippen molar-refractivity contribution in [1.82, 2.24) is 14.4 Å². The highest BCUT2D eigenvalue weighted by atomic mass is 19.1. The second-order valence-corrected chi connectivity index (χ2v) is 7.69. The van der Waals surface area contributed by atoms with Crippen LogP contribution in [0.5, 0.6) is 0 Å². The first kappa shape index (κ1) is 17.1. The van der Waals surface area contributed by atoms with Gasteiger partial charge in [-0.15, -0.1) is 0 Å². The van der Waals surface area contributed by atoms with Gasteiger partial charge in [-0.25, -0.2) is 14.4 Å². The van der Waals surface area contributed by atoms with E-state index in [9.17, 15) is 4.39 Å². The molecule has 0 aliphatic carbocycles. The predicted octanol–water partition coefficient (Wildman–Crippen LogP) is 4.23. The van der Waals surface area contributed by atoms with E-state index in [1.165, 1.54) is 11.1 Å². The maximum absolute atomic E-state index is 13.1. The van der Waals surface area contributed by atoms with E-state index in [0.717, 1.165) is 28.3 Å². The molecule has 2 aromatic carbocycles. The van der Waals surface area contributed by atoms with Crippen LogP contribution in [0.2, 0.25) is 0 Å². The minimum atomic E-state index is -0.714. The molecule has 0 bridgehead atoms. The van der Waals surface area contributed by atoms with Gasteiger partial charge in [-0.2, -0.15) is 0 Å². The number of alkyl halides is 1. The van der Waals surface area contributed by atoms with Crippen LogP contribution in [0.1, 0.15) is 11.1 Å². The lowest BCUT2D eigenvalue weighted by Gasteiger charge is -2.36. The van der Waals surface area contributed by atoms with Crippen molar-refractivity contribution >= 4 is 29.1 Å². The number of hydrogen-bond acceptors (Lipinski definition) is 5.